The molecule has 0 bridgehead atoms. The van der Waals surface area contributed by atoms with E-state index in [4.69, 9.17) is 5.11 Å². The molecule has 15 heavy (non-hydrogen) atoms. The minimum atomic E-state index is -1.30. The molecule has 0 saturated carbocycles. The van der Waals surface area contributed by atoms with Crippen LogP contribution in [-0.4, -0.2) is 17.9 Å². The zero-order valence-corrected chi connectivity index (χ0v) is 9.15. The maximum atomic E-state index is 13.5. The van der Waals surface area contributed by atoms with E-state index < -0.39 is 12.8 Å². The first-order valence-electron chi connectivity index (χ1n) is 5.17. The van der Waals surface area contributed by atoms with E-state index in [2.05, 4.69) is 0 Å². The van der Waals surface area contributed by atoms with Gasteiger partial charge in [-0.15, -0.1) is 0 Å². The fourth-order valence-corrected chi connectivity index (χ4v) is 1.47. The molecule has 1 rings (SSSR count). The van der Waals surface area contributed by atoms with Gasteiger partial charge < -0.3 is 5.11 Å². The van der Waals surface area contributed by atoms with Crippen LogP contribution in [0.5, 0.6) is 0 Å². The highest BCUT2D eigenvalue weighted by molar-refractivity contribution is 5.68. The van der Waals surface area contributed by atoms with Gasteiger partial charge >= 0.3 is 0 Å². The first-order valence-corrected chi connectivity index (χ1v) is 5.17. The summed E-state index contributed by atoms with van der Waals surface area (Å²) in [6.45, 7) is 3.52. The summed E-state index contributed by atoms with van der Waals surface area (Å²) in [6, 6.07) is 9.34. The Balaban J connectivity index is 3.02. The first-order chi connectivity index (χ1) is 7.15. The first kappa shape index (κ1) is 11.9. The Bertz CT molecular complexity index is 317. The van der Waals surface area contributed by atoms with E-state index in [1.165, 1.54) is 0 Å². The molecule has 0 saturated heterocycles. The number of allylic oxidation sites excluding steroid dienone is 1. The molecule has 1 nitrogen and oxygen atoms in total. The maximum absolute atomic E-state index is 13.5. The Labute approximate surface area is 90.3 Å². The second-order valence-corrected chi connectivity index (χ2v) is 3.88. The quantitative estimate of drug-likeness (QED) is 0.806. The Hall–Kier alpha value is -1.15. The van der Waals surface area contributed by atoms with Gasteiger partial charge in [0.25, 0.3) is 0 Å². The normalized spacial score (nSPS) is 14.3. The van der Waals surface area contributed by atoms with Crippen LogP contribution >= 0.6 is 0 Å². The largest absolute Gasteiger partial charge is 0.393 e. The number of hydrogen-bond acceptors (Lipinski definition) is 1. The lowest BCUT2D eigenvalue weighted by Crippen LogP contribution is -2.09. The summed E-state index contributed by atoms with van der Waals surface area (Å²) >= 11 is 0. The van der Waals surface area contributed by atoms with Gasteiger partial charge in [-0.2, -0.15) is 0 Å². The molecule has 1 aromatic carbocycles. The SMILES string of the molecule is CC(C)/C=C(/c1ccccc1)[C@H](F)CO. The van der Waals surface area contributed by atoms with Gasteiger partial charge in [0.1, 0.15) is 6.17 Å². The number of aliphatic hydroxyl groups is 1. The van der Waals surface area contributed by atoms with Crippen molar-refractivity contribution < 1.29 is 9.50 Å². The van der Waals surface area contributed by atoms with Crippen molar-refractivity contribution in [1.29, 1.82) is 0 Å². The van der Waals surface area contributed by atoms with Crippen molar-refractivity contribution in [3.63, 3.8) is 0 Å². The van der Waals surface area contributed by atoms with Gasteiger partial charge in [-0.25, -0.2) is 4.39 Å². The molecule has 0 amide bonds. The molecule has 0 radical (unpaired) electrons. The van der Waals surface area contributed by atoms with Crippen molar-refractivity contribution >= 4 is 5.57 Å². The molecule has 0 unspecified atom stereocenters. The second kappa shape index (κ2) is 5.66. The van der Waals surface area contributed by atoms with Crippen LogP contribution in [-0.2, 0) is 0 Å². The Morgan fingerprint density at radius 2 is 1.93 bits per heavy atom. The van der Waals surface area contributed by atoms with Crippen LogP contribution in [0, 0.1) is 5.92 Å². The van der Waals surface area contributed by atoms with Gasteiger partial charge in [-0.3, -0.25) is 0 Å². The average Bonchev–Trinajstić information content (AvgIpc) is 2.26. The summed E-state index contributed by atoms with van der Waals surface area (Å²) in [7, 11) is 0. The van der Waals surface area contributed by atoms with Crippen molar-refractivity contribution in [3.05, 3.63) is 42.0 Å². The van der Waals surface area contributed by atoms with E-state index in [0.29, 0.717) is 5.57 Å². The van der Waals surface area contributed by atoms with Crippen LogP contribution in [0.25, 0.3) is 5.57 Å². The molecule has 0 fully saturated rings. The zero-order valence-electron chi connectivity index (χ0n) is 9.15. The van der Waals surface area contributed by atoms with Gasteiger partial charge in [0.2, 0.25) is 0 Å². The number of halogens is 1. The van der Waals surface area contributed by atoms with Gasteiger partial charge in [-0.1, -0.05) is 50.3 Å². The third-order valence-corrected chi connectivity index (χ3v) is 2.12. The molecule has 0 aliphatic heterocycles. The lowest BCUT2D eigenvalue weighted by molar-refractivity contribution is 0.215. The summed E-state index contributed by atoms with van der Waals surface area (Å²) < 4.78 is 13.5. The van der Waals surface area contributed by atoms with Crippen molar-refractivity contribution in [3.8, 4) is 0 Å². The smallest absolute Gasteiger partial charge is 0.148 e. The zero-order chi connectivity index (χ0) is 11.3. The topological polar surface area (TPSA) is 20.2 Å². The Kier molecular flexibility index (Phi) is 4.50. The molecular formula is C13H17FO. The van der Waals surface area contributed by atoms with Crippen molar-refractivity contribution in [2.24, 2.45) is 5.92 Å². The predicted molar refractivity (Wildman–Crippen MR) is 61.2 cm³/mol. The molecule has 1 N–H and O–H groups in total. The van der Waals surface area contributed by atoms with Crippen LogP contribution in [0.2, 0.25) is 0 Å². The van der Waals surface area contributed by atoms with Crippen LogP contribution in [0.4, 0.5) is 4.39 Å². The van der Waals surface area contributed by atoms with Crippen molar-refractivity contribution in [2.75, 3.05) is 6.61 Å². The highest BCUT2D eigenvalue weighted by atomic mass is 19.1. The predicted octanol–water partition coefficient (Wildman–Crippen LogP) is 3.06. The number of alkyl halides is 1. The molecule has 1 atom stereocenters. The van der Waals surface area contributed by atoms with Gasteiger partial charge in [0.05, 0.1) is 6.61 Å². The van der Waals surface area contributed by atoms with Crippen molar-refractivity contribution in [2.45, 2.75) is 20.0 Å². The molecular weight excluding hydrogens is 191 g/mol. The summed E-state index contributed by atoms with van der Waals surface area (Å²) in [5.41, 5.74) is 1.42. The number of hydrogen-bond donors (Lipinski definition) is 1. The maximum Gasteiger partial charge on any atom is 0.148 e. The number of aliphatic hydroxyl groups excluding tert-OH is 1. The lowest BCUT2D eigenvalue weighted by atomic mass is 9.98. The van der Waals surface area contributed by atoms with Crippen LogP contribution in [0.15, 0.2) is 36.4 Å². The molecule has 0 spiro atoms. The molecule has 0 aliphatic carbocycles. The Morgan fingerprint density at radius 1 is 1.33 bits per heavy atom. The van der Waals surface area contributed by atoms with Crippen LogP contribution in [0.1, 0.15) is 19.4 Å². The molecule has 0 heterocycles. The molecule has 1 aromatic rings. The van der Waals surface area contributed by atoms with E-state index in [1.54, 1.807) is 0 Å². The van der Waals surface area contributed by atoms with Gasteiger partial charge in [-0.05, 0) is 17.1 Å². The highest BCUT2D eigenvalue weighted by Gasteiger charge is 2.13. The highest BCUT2D eigenvalue weighted by Crippen LogP contribution is 2.22. The fraction of sp³-hybridized carbons (Fsp3) is 0.385. The molecule has 0 aliphatic rings. The lowest BCUT2D eigenvalue weighted by Gasteiger charge is -2.12. The minimum Gasteiger partial charge on any atom is -0.393 e. The number of rotatable bonds is 4. The minimum absolute atomic E-state index is 0.269. The third-order valence-electron chi connectivity index (χ3n) is 2.12. The second-order valence-electron chi connectivity index (χ2n) is 3.88. The van der Waals surface area contributed by atoms with Crippen LogP contribution < -0.4 is 0 Å². The summed E-state index contributed by atoms with van der Waals surface area (Å²) in [4.78, 5) is 0. The monoisotopic (exact) mass is 208 g/mol. The van der Waals surface area contributed by atoms with Gasteiger partial charge in [0, 0.05) is 0 Å². The summed E-state index contributed by atoms with van der Waals surface area (Å²) in [5, 5.41) is 8.86. The van der Waals surface area contributed by atoms with E-state index in [0.717, 1.165) is 5.56 Å². The van der Waals surface area contributed by atoms with E-state index in [1.807, 2.05) is 50.3 Å². The van der Waals surface area contributed by atoms with E-state index >= 15 is 0 Å². The molecule has 82 valence electrons. The van der Waals surface area contributed by atoms with E-state index in [9.17, 15) is 4.39 Å². The standard InChI is InChI=1S/C13H17FO/c1-10(2)8-12(13(14)9-15)11-6-4-3-5-7-11/h3-8,10,13,15H,9H2,1-2H3/b12-8-/t13-/m1/s1. The summed E-state index contributed by atoms with van der Waals surface area (Å²) in [5.74, 6) is 0.269. The van der Waals surface area contributed by atoms with Crippen molar-refractivity contribution in [1.82, 2.24) is 0 Å². The molecule has 0 aromatic heterocycles. The third kappa shape index (κ3) is 3.48. The average molecular weight is 208 g/mol. The number of benzene rings is 1. The fourth-order valence-electron chi connectivity index (χ4n) is 1.47. The summed E-state index contributed by atoms with van der Waals surface area (Å²) in [6.07, 6.45) is 0.561. The molecule has 2 heteroatoms. The van der Waals surface area contributed by atoms with Crippen LogP contribution in [0.3, 0.4) is 0 Å². The van der Waals surface area contributed by atoms with Gasteiger partial charge in [0.15, 0.2) is 0 Å². The van der Waals surface area contributed by atoms with E-state index in [-0.39, 0.29) is 5.92 Å². The Morgan fingerprint density at radius 3 is 2.40 bits per heavy atom.